The first-order valence-corrected chi connectivity index (χ1v) is 10.8. The lowest BCUT2D eigenvalue weighted by molar-refractivity contribution is 0.386. The van der Waals surface area contributed by atoms with Crippen molar-refractivity contribution < 1.29 is 14.0 Å². The van der Waals surface area contributed by atoms with Gasteiger partial charge in [0.25, 0.3) is 0 Å². The Hall–Kier alpha value is -3.13. The van der Waals surface area contributed by atoms with Crippen molar-refractivity contribution in [3.05, 3.63) is 46.8 Å². The minimum Gasteiger partial charge on any atom is -0.497 e. The molecule has 154 valence electrons. The fourth-order valence-corrected chi connectivity index (χ4v) is 5.16. The van der Waals surface area contributed by atoms with Gasteiger partial charge in [0.2, 0.25) is 0 Å². The summed E-state index contributed by atoms with van der Waals surface area (Å²) in [4.78, 5) is 11.5. The third kappa shape index (κ3) is 3.37. The molecular weight excluding hydrogens is 400 g/mol. The van der Waals surface area contributed by atoms with Crippen LogP contribution in [0.4, 0.5) is 5.82 Å². The first-order chi connectivity index (χ1) is 14.8. The van der Waals surface area contributed by atoms with Crippen molar-refractivity contribution in [2.75, 3.05) is 19.5 Å². The molecule has 0 aliphatic heterocycles. The molecule has 1 aliphatic rings. The van der Waals surface area contributed by atoms with Gasteiger partial charge in [-0.1, -0.05) is 5.16 Å². The van der Waals surface area contributed by atoms with E-state index in [1.165, 1.54) is 23.3 Å². The third-order valence-corrected chi connectivity index (χ3v) is 6.62. The van der Waals surface area contributed by atoms with Crippen LogP contribution in [0.5, 0.6) is 11.5 Å². The Morgan fingerprint density at radius 3 is 2.87 bits per heavy atom. The molecule has 1 aliphatic carbocycles. The van der Waals surface area contributed by atoms with Gasteiger partial charge in [-0.25, -0.2) is 9.97 Å². The first kappa shape index (κ1) is 18.9. The van der Waals surface area contributed by atoms with E-state index >= 15 is 0 Å². The Kier molecular flexibility index (Phi) is 5.00. The predicted molar refractivity (Wildman–Crippen MR) is 116 cm³/mol. The average molecular weight is 423 g/mol. The van der Waals surface area contributed by atoms with Crippen LogP contribution in [0.1, 0.15) is 29.0 Å². The van der Waals surface area contributed by atoms with Crippen molar-refractivity contribution in [2.24, 2.45) is 0 Å². The minimum atomic E-state index is 0.488. The number of hydrogen-bond donors (Lipinski definition) is 1. The maximum atomic E-state index is 5.56. The Labute approximate surface area is 178 Å². The minimum absolute atomic E-state index is 0.488. The van der Waals surface area contributed by atoms with Crippen molar-refractivity contribution in [3.63, 3.8) is 0 Å². The molecule has 3 heterocycles. The maximum absolute atomic E-state index is 5.56. The molecule has 0 spiro atoms. The van der Waals surface area contributed by atoms with Gasteiger partial charge in [-0.3, -0.25) is 0 Å². The zero-order valence-electron chi connectivity index (χ0n) is 16.9. The molecule has 5 rings (SSSR count). The normalized spacial score (nSPS) is 13.3. The highest BCUT2D eigenvalue weighted by Gasteiger charge is 2.20. The smallest absolute Gasteiger partial charge is 0.156 e. The Balaban J connectivity index is 1.39. The average Bonchev–Trinajstić information content (AvgIpc) is 3.42. The van der Waals surface area contributed by atoms with Gasteiger partial charge in [0.1, 0.15) is 34.2 Å². The van der Waals surface area contributed by atoms with Crippen LogP contribution in [-0.4, -0.2) is 29.3 Å². The fraction of sp³-hybridized carbons (Fsp3) is 0.318. The number of thiophene rings is 1. The van der Waals surface area contributed by atoms with Crippen molar-refractivity contribution in [3.8, 4) is 22.8 Å². The number of rotatable bonds is 6. The van der Waals surface area contributed by atoms with Gasteiger partial charge in [0.05, 0.1) is 26.2 Å². The van der Waals surface area contributed by atoms with E-state index in [4.69, 9.17) is 14.0 Å². The molecule has 0 amide bonds. The van der Waals surface area contributed by atoms with Crippen LogP contribution >= 0.6 is 11.3 Å². The summed E-state index contributed by atoms with van der Waals surface area (Å²) in [7, 11) is 3.26. The predicted octanol–water partition coefficient (Wildman–Crippen LogP) is 4.85. The standard InChI is InChI=1S/C22H22N4O3S/c1-27-13-7-8-15(18(10-13)28-2)17-9-14(29-26-17)11-23-21-20-16-5-3-4-6-19(16)30-22(20)25-12-24-21/h7-10,12H,3-6,11H2,1-2H3,(H,23,24,25). The van der Waals surface area contributed by atoms with Crippen LogP contribution in [0.25, 0.3) is 21.5 Å². The second-order valence-corrected chi connectivity index (χ2v) is 8.30. The third-order valence-electron chi connectivity index (χ3n) is 5.43. The van der Waals surface area contributed by atoms with Crippen LogP contribution in [0, 0.1) is 0 Å². The van der Waals surface area contributed by atoms with Gasteiger partial charge in [-0.2, -0.15) is 0 Å². The van der Waals surface area contributed by atoms with E-state index in [-0.39, 0.29) is 0 Å². The van der Waals surface area contributed by atoms with E-state index in [2.05, 4.69) is 20.4 Å². The molecule has 0 atom stereocenters. The van der Waals surface area contributed by atoms with Crippen LogP contribution in [0.15, 0.2) is 35.1 Å². The van der Waals surface area contributed by atoms with E-state index in [9.17, 15) is 0 Å². The fourth-order valence-electron chi connectivity index (χ4n) is 3.93. The van der Waals surface area contributed by atoms with Gasteiger partial charge in [-0.15, -0.1) is 11.3 Å². The van der Waals surface area contributed by atoms with E-state index in [0.717, 1.165) is 45.9 Å². The number of nitrogens with zero attached hydrogens (tertiary/aromatic N) is 3. The highest BCUT2D eigenvalue weighted by Crippen LogP contribution is 2.38. The lowest BCUT2D eigenvalue weighted by atomic mass is 9.97. The van der Waals surface area contributed by atoms with Gasteiger partial charge in [0, 0.05) is 22.6 Å². The second-order valence-electron chi connectivity index (χ2n) is 7.21. The number of aryl methyl sites for hydroxylation is 2. The molecule has 0 saturated carbocycles. The maximum Gasteiger partial charge on any atom is 0.156 e. The Morgan fingerprint density at radius 1 is 1.10 bits per heavy atom. The number of nitrogens with one attached hydrogen (secondary N) is 1. The molecule has 0 unspecified atom stereocenters. The monoisotopic (exact) mass is 422 g/mol. The second kappa shape index (κ2) is 7.95. The Morgan fingerprint density at radius 2 is 2.00 bits per heavy atom. The van der Waals surface area contributed by atoms with Crippen molar-refractivity contribution >= 4 is 27.4 Å². The summed E-state index contributed by atoms with van der Waals surface area (Å²) in [6.45, 7) is 0.488. The molecule has 1 aromatic carbocycles. The number of fused-ring (bicyclic) bond motifs is 3. The molecule has 4 aromatic rings. The molecule has 0 saturated heterocycles. The topological polar surface area (TPSA) is 82.3 Å². The van der Waals surface area contributed by atoms with E-state index in [1.54, 1.807) is 31.9 Å². The molecule has 0 fully saturated rings. The molecular formula is C22H22N4O3S. The lowest BCUT2D eigenvalue weighted by Gasteiger charge is -2.12. The zero-order valence-corrected chi connectivity index (χ0v) is 17.7. The van der Waals surface area contributed by atoms with Gasteiger partial charge in [-0.05, 0) is 43.4 Å². The molecule has 30 heavy (non-hydrogen) atoms. The number of aromatic nitrogens is 3. The van der Waals surface area contributed by atoms with Gasteiger partial charge < -0.3 is 19.3 Å². The summed E-state index contributed by atoms with van der Waals surface area (Å²) in [5.74, 6) is 3.00. The van der Waals surface area contributed by atoms with Gasteiger partial charge in [0.15, 0.2) is 5.76 Å². The van der Waals surface area contributed by atoms with Gasteiger partial charge >= 0.3 is 0 Å². The summed E-state index contributed by atoms with van der Waals surface area (Å²) < 4.78 is 16.3. The highest BCUT2D eigenvalue weighted by atomic mass is 32.1. The SMILES string of the molecule is COc1ccc(-c2cc(CNc3ncnc4sc5c(c34)CCCC5)on2)c(OC)c1. The number of anilines is 1. The molecule has 8 heteroatoms. The van der Waals surface area contributed by atoms with E-state index < -0.39 is 0 Å². The van der Waals surface area contributed by atoms with Crippen molar-refractivity contribution in [2.45, 2.75) is 32.2 Å². The van der Waals surface area contributed by atoms with E-state index in [0.29, 0.717) is 18.0 Å². The molecule has 0 bridgehead atoms. The summed E-state index contributed by atoms with van der Waals surface area (Å²) in [6.07, 6.45) is 6.35. The summed E-state index contributed by atoms with van der Waals surface area (Å²) in [5.41, 5.74) is 2.97. The lowest BCUT2D eigenvalue weighted by Crippen LogP contribution is -2.04. The first-order valence-electron chi connectivity index (χ1n) is 9.94. The largest absolute Gasteiger partial charge is 0.497 e. The summed E-state index contributed by atoms with van der Waals surface area (Å²) in [6, 6.07) is 7.54. The molecule has 1 N–H and O–H groups in total. The van der Waals surface area contributed by atoms with Crippen LogP contribution in [0.2, 0.25) is 0 Å². The van der Waals surface area contributed by atoms with Crippen molar-refractivity contribution in [1.82, 2.24) is 15.1 Å². The van der Waals surface area contributed by atoms with Crippen LogP contribution in [-0.2, 0) is 19.4 Å². The zero-order chi connectivity index (χ0) is 20.5. The quantitative estimate of drug-likeness (QED) is 0.475. The number of methoxy groups -OCH3 is 2. The van der Waals surface area contributed by atoms with Crippen LogP contribution in [0.3, 0.4) is 0 Å². The molecule has 0 radical (unpaired) electrons. The summed E-state index contributed by atoms with van der Waals surface area (Å²) >= 11 is 1.79. The van der Waals surface area contributed by atoms with Crippen LogP contribution < -0.4 is 14.8 Å². The molecule has 7 nitrogen and oxygen atoms in total. The number of hydrogen-bond acceptors (Lipinski definition) is 8. The number of benzene rings is 1. The number of ether oxygens (including phenoxy) is 2. The van der Waals surface area contributed by atoms with E-state index in [1.807, 2.05) is 24.3 Å². The molecule has 3 aromatic heterocycles. The summed E-state index contributed by atoms with van der Waals surface area (Å²) in [5, 5.41) is 8.80. The highest BCUT2D eigenvalue weighted by molar-refractivity contribution is 7.19. The Bertz CT molecular complexity index is 1200. The van der Waals surface area contributed by atoms with Crippen molar-refractivity contribution in [1.29, 1.82) is 0 Å².